The molecular weight excluding hydrogens is 252 g/mol. The number of urea groups is 1. The molecule has 0 aromatic carbocycles. The minimum absolute atomic E-state index is 0.403. The number of carboxylic acids is 1. The number of carbonyl (C=O) groups is 3. The molecule has 2 N–H and O–H groups in total. The number of imide groups is 1. The molecule has 0 saturated carbocycles. The van der Waals surface area contributed by atoms with Gasteiger partial charge in [-0.15, -0.1) is 0 Å². The summed E-state index contributed by atoms with van der Waals surface area (Å²) in [6.07, 6.45) is 4.05. The molecule has 0 unspecified atom stereocenters. The van der Waals surface area contributed by atoms with Crippen LogP contribution in [0, 0.1) is 0 Å². The predicted octanol–water partition coefficient (Wildman–Crippen LogP) is 0.142. The first-order valence-electron chi connectivity index (χ1n) is 5.70. The Morgan fingerprint density at radius 1 is 1.47 bits per heavy atom. The predicted molar refractivity (Wildman–Crippen MR) is 66.5 cm³/mol. The van der Waals surface area contributed by atoms with E-state index in [2.05, 4.69) is 5.32 Å². The highest BCUT2D eigenvalue weighted by molar-refractivity contribution is 6.02. The van der Waals surface area contributed by atoms with Gasteiger partial charge >= 0.3 is 12.0 Å². The lowest BCUT2D eigenvalue weighted by molar-refractivity contribution is -0.131. The third-order valence-electron chi connectivity index (χ3n) is 2.53. The van der Waals surface area contributed by atoms with Gasteiger partial charge in [0.25, 0.3) is 5.91 Å². The minimum Gasteiger partial charge on any atom is -0.478 e. The van der Waals surface area contributed by atoms with Gasteiger partial charge in [0.15, 0.2) is 0 Å². The Balaban J connectivity index is 2.43. The molecule has 0 aromatic rings. The van der Waals surface area contributed by atoms with Crippen molar-refractivity contribution in [3.8, 4) is 0 Å². The summed E-state index contributed by atoms with van der Waals surface area (Å²) in [5, 5.41) is 10.4. The molecule has 1 aliphatic heterocycles. The Bertz CT molecular complexity index is 428. The number of hydrogen-bond acceptors (Lipinski definition) is 4. The van der Waals surface area contributed by atoms with Gasteiger partial charge in [0.05, 0.1) is 6.61 Å². The molecule has 0 bridgehead atoms. The summed E-state index contributed by atoms with van der Waals surface area (Å²) in [7, 11) is 1.60. The Morgan fingerprint density at radius 2 is 2.21 bits per heavy atom. The summed E-state index contributed by atoms with van der Waals surface area (Å²) in [4.78, 5) is 34.6. The second-order valence-corrected chi connectivity index (χ2v) is 3.96. The van der Waals surface area contributed by atoms with Crippen molar-refractivity contribution in [3.05, 3.63) is 23.8 Å². The van der Waals surface area contributed by atoms with Crippen LogP contribution in [0.5, 0.6) is 0 Å². The van der Waals surface area contributed by atoms with E-state index in [-0.39, 0.29) is 0 Å². The number of nitrogens with one attached hydrogen (secondary N) is 1. The average molecular weight is 268 g/mol. The summed E-state index contributed by atoms with van der Waals surface area (Å²) < 4.78 is 4.99. The normalized spacial score (nSPS) is 15.2. The highest BCUT2D eigenvalue weighted by Gasteiger charge is 2.18. The van der Waals surface area contributed by atoms with E-state index in [1.807, 2.05) is 6.08 Å². The van der Waals surface area contributed by atoms with Crippen molar-refractivity contribution in [2.75, 3.05) is 26.8 Å². The van der Waals surface area contributed by atoms with Crippen LogP contribution in [0.3, 0.4) is 0 Å². The van der Waals surface area contributed by atoms with Gasteiger partial charge in [-0.2, -0.15) is 0 Å². The zero-order valence-electron chi connectivity index (χ0n) is 10.6. The van der Waals surface area contributed by atoms with E-state index in [1.165, 1.54) is 4.90 Å². The fourth-order valence-corrected chi connectivity index (χ4v) is 1.59. The van der Waals surface area contributed by atoms with Gasteiger partial charge in [-0.25, -0.2) is 9.59 Å². The fraction of sp³-hybridized carbons (Fsp3) is 0.417. The van der Waals surface area contributed by atoms with Crippen LogP contribution in [0.25, 0.3) is 0 Å². The summed E-state index contributed by atoms with van der Waals surface area (Å²) in [6, 6.07) is -0.534. The quantitative estimate of drug-likeness (QED) is 0.558. The Morgan fingerprint density at radius 3 is 2.74 bits per heavy atom. The van der Waals surface area contributed by atoms with Crippen molar-refractivity contribution in [1.82, 2.24) is 10.2 Å². The van der Waals surface area contributed by atoms with Crippen LogP contribution < -0.4 is 5.32 Å². The zero-order chi connectivity index (χ0) is 14.3. The standard InChI is InChI=1S/C12H16N2O5/c1-19-8-9-4-6-14(7-5-9)12(18)13-10(15)2-3-11(16)17/h2-4H,5-8H2,1H3,(H,16,17)(H,13,15,18)/b3-2+. The second-order valence-electron chi connectivity index (χ2n) is 3.96. The molecule has 0 radical (unpaired) electrons. The van der Waals surface area contributed by atoms with Crippen LogP contribution in [0.1, 0.15) is 6.42 Å². The maximum absolute atomic E-state index is 11.7. The number of nitrogens with zero attached hydrogens (tertiary/aromatic N) is 1. The number of hydrogen-bond donors (Lipinski definition) is 2. The van der Waals surface area contributed by atoms with Crippen molar-refractivity contribution in [2.24, 2.45) is 0 Å². The number of rotatable bonds is 4. The van der Waals surface area contributed by atoms with Crippen LogP contribution in [-0.2, 0) is 14.3 Å². The third-order valence-corrected chi connectivity index (χ3v) is 2.53. The first kappa shape index (κ1) is 14.9. The van der Waals surface area contributed by atoms with E-state index in [0.717, 1.165) is 11.6 Å². The summed E-state index contributed by atoms with van der Waals surface area (Å²) >= 11 is 0. The van der Waals surface area contributed by atoms with Gasteiger partial charge < -0.3 is 14.7 Å². The Kier molecular flexibility index (Phi) is 5.74. The molecule has 0 fully saturated rings. The maximum atomic E-state index is 11.7. The van der Waals surface area contributed by atoms with Crippen molar-refractivity contribution < 1.29 is 24.2 Å². The van der Waals surface area contributed by atoms with Crippen molar-refractivity contribution >= 4 is 17.9 Å². The average Bonchev–Trinajstić information content (AvgIpc) is 2.37. The topological polar surface area (TPSA) is 95.9 Å². The van der Waals surface area contributed by atoms with E-state index >= 15 is 0 Å². The molecule has 3 amide bonds. The third kappa shape index (κ3) is 5.35. The highest BCUT2D eigenvalue weighted by atomic mass is 16.5. The molecule has 0 aliphatic carbocycles. The minimum atomic E-state index is -1.24. The Hall–Kier alpha value is -2.15. The first-order valence-corrected chi connectivity index (χ1v) is 5.70. The molecule has 0 saturated heterocycles. The molecule has 0 spiro atoms. The fourth-order valence-electron chi connectivity index (χ4n) is 1.59. The first-order chi connectivity index (χ1) is 9.02. The van der Waals surface area contributed by atoms with E-state index in [0.29, 0.717) is 32.2 Å². The van der Waals surface area contributed by atoms with E-state index < -0.39 is 17.9 Å². The number of carboxylic acid groups (broad SMARTS) is 1. The summed E-state index contributed by atoms with van der Waals surface area (Å²) in [5.41, 5.74) is 1.11. The lowest BCUT2D eigenvalue weighted by Gasteiger charge is -2.25. The van der Waals surface area contributed by atoms with Crippen molar-refractivity contribution in [1.29, 1.82) is 0 Å². The molecule has 1 aliphatic rings. The number of aliphatic carboxylic acids is 1. The molecule has 104 valence electrons. The molecule has 0 atom stereocenters. The largest absolute Gasteiger partial charge is 0.478 e. The molecule has 1 heterocycles. The number of carbonyl (C=O) groups excluding carboxylic acids is 2. The molecule has 0 aromatic heterocycles. The second kappa shape index (κ2) is 7.32. The highest BCUT2D eigenvalue weighted by Crippen LogP contribution is 2.10. The van der Waals surface area contributed by atoms with E-state index in [9.17, 15) is 14.4 Å². The molecule has 1 rings (SSSR count). The molecule has 7 nitrogen and oxygen atoms in total. The van der Waals surface area contributed by atoms with E-state index in [1.54, 1.807) is 7.11 Å². The van der Waals surface area contributed by atoms with Crippen LogP contribution in [0.2, 0.25) is 0 Å². The zero-order valence-corrected chi connectivity index (χ0v) is 10.6. The van der Waals surface area contributed by atoms with Crippen LogP contribution in [0.4, 0.5) is 4.79 Å². The van der Waals surface area contributed by atoms with Gasteiger partial charge in [0, 0.05) is 32.4 Å². The number of methoxy groups -OCH3 is 1. The van der Waals surface area contributed by atoms with Crippen LogP contribution in [0.15, 0.2) is 23.8 Å². The number of ether oxygens (including phenoxy) is 1. The summed E-state index contributed by atoms with van der Waals surface area (Å²) in [6.45, 7) is 1.44. The molecule has 19 heavy (non-hydrogen) atoms. The Labute approximate surface area is 110 Å². The molecule has 7 heteroatoms. The van der Waals surface area contributed by atoms with Gasteiger partial charge in [0.2, 0.25) is 0 Å². The van der Waals surface area contributed by atoms with Gasteiger partial charge in [-0.05, 0) is 12.0 Å². The van der Waals surface area contributed by atoms with Crippen molar-refractivity contribution in [3.63, 3.8) is 0 Å². The van der Waals surface area contributed by atoms with Gasteiger partial charge in [-0.3, -0.25) is 10.1 Å². The van der Waals surface area contributed by atoms with Crippen LogP contribution >= 0.6 is 0 Å². The van der Waals surface area contributed by atoms with Gasteiger partial charge in [-0.1, -0.05) is 6.08 Å². The SMILES string of the molecule is COCC1=CCN(C(=O)NC(=O)/C=C/C(=O)O)CC1. The lowest BCUT2D eigenvalue weighted by atomic mass is 10.1. The smallest absolute Gasteiger partial charge is 0.328 e. The monoisotopic (exact) mass is 268 g/mol. The van der Waals surface area contributed by atoms with Crippen LogP contribution in [-0.4, -0.2) is 54.7 Å². The molecular formula is C12H16N2O5. The van der Waals surface area contributed by atoms with Gasteiger partial charge in [0.1, 0.15) is 0 Å². The number of amides is 3. The lowest BCUT2D eigenvalue weighted by Crippen LogP contribution is -2.44. The van der Waals surface area contributed by atoms with E-state index in [4.69, 9.17) is 9.84 Å². The van der Waals surface area contributed by atoms with Crippen molar-refractivity contribution in [2.45, 2.75) is 6.42 Å². The summed E-state index contributed by atoms with van der Waals surface area (Å²) in [5.74, 6) is -1.99. The maximum Gasteiger partial charge on any atom is 0.328 e.